The first-order chi connectivity index (χ1) is 12.6. The third kappa shape index (κ3) is 4.09. The van der Waals surface area contributed by atoms with E-state index >= 15 is 0 Å². The minimum Gasteiger partial charge on any atom is -0.507 e. The summed E-state index contributed by atoms with van der Waals surface area (Å²) in [5.41, 5.74) is -0.328. The highest BCUT2D eigenvalue weighted by Crippen LogP contribution is 2.36. The Balaban J connectivity index is 1.78. The predicted molar refractivity (Wildman–Crippen MR) is 89.1 cm³/mol. The largest absolute Gasteiger partial charge is 0.507 e. The number of aliphatic carboxylic acids is 1. The van der Waals surface area contributed by atoms with Crippen LogP contribution in [0, 0.1) is 12.8 Å². The Labute approximate surface area is 152 Å². The topological polar surface area (TPSA) is 108 Å². The quantitative estimate of drug-likeness (QED) is 0.745. The molecular weight excluding hydrogens is 365 g/mol. The van der Waals surface area contributed by atoms with Gasteiger partial charge >= 0.3 is 12.1 Å². The fourth-order valence-electron chi connectivity index (χ4n) is 3.14. The molecule has 0 amide bonds. The van der Waals surface area contributed by atoms with Gasteiger partial charge in [-0.25, -0.2) is 4.98 Å². The van der Waals surface area contributed by atoms with E-state index in [9.17, 15) is 23.1 Å². The van der Waals surface area contributed by atoms with Crippen LogP contribution in [-0.2, 0) is 11.0 Å². The summed E-state index contributed by atoms with van der Waals surface area (Å²) < 4.78 is 38.1. The fourth-order valence-corrected chi connectivity index (χ4v) is 3.14. The number of rotatable bonds is 4. The molecule has 2 aromatic rings. The summed E-state index contributed by atoms with van der Waals surface area (Å²) in [5, 5.41) is 29.9. The Bertz CT molecular complexity index is 873. The van der Waals surface area contributed by atoms with Crippen LogP contribution in [-0.4, -0.2) is 37.4 Å². The molecule has 0 spiro atoms. The first-order valence-corrected chi connectivity index (χ1v) is 8.26. The molecule has 10 heteroatoms. The average Bonchev–Trinajstić information content (AvgIpc) is 3.03. The van der Waals surface area contributed by atoms with Crippen molar-refractivity contribution in [2.75, 3.05) is 5.32 Å². The third-order valence-electron chi connectivity index (χ3n) is 4.56. The van der Waals surface area contributed by atoms with Crippen molar-refractivity contribution >= 4 is 11.9 Å². The van der Waals surface area contributed by atoms with E-state index in [1.807, 2.05) is 0 Å². The second-order valence-corrected chi connectivity index (χ2v) is 6.49. The smallest absolute Gasteiger partial charge is 0.416 e. The van der Waals surface area contributed by atoms with E-state index in [1.54, 1.807) is 6.92 Å². The van der Waals surface area contributed by atoms with E-state index in [4.69, 9.17) is 5.11 Å². The van der Waals surface area contributed by atoms with Gasteiger partial charge in [0.2, 0.25) is 5.95 Å². The Morgan fingerprint density at radius 3 is 2.56 bits per heavy atom. The Morgan fingerprint density at radius 1 is 1.26 bits per heavy atom. The van der Waals surface area contributed by atoms with Crippen molar-refractivity contribution in [3.05, 3.63) is 29.5 Å². The van der Waals surface area contributed by atoms with Crippen molar-refractivity contribution in [1.29, 1.82) is 0 Å². The van der Waals surface area contributed by atoms with Crippen LogP contribution < -0.4 is 5.32 Å². The van der Waals surface area contributed by atoms with Gasteiger partial charge in [0.25, 0.3) is 0 Å². The molecule has 1 aromatic heterocycles. The lowest BCUT2D eigenvalue weighted by Crippen LogP contribution is -2.20. The number of hydrogen-bond acceptors (Lipinski definition) is 6. The van der Waals surface area contributed by atoms with E-state index in [0.29, 0.717) is 31.0 Å². The number of hydrogen-bond donors (Lipinski definition) is 3. The molecule has 1 aliphatic carbocycles. The number of phenolic OH excluding ortho intramolecular Hbond substituents is 1. The zero-order valence-corrected chi connectivity index (χ0v) is 14.3. The number of carboxylic acid groups (broad SMARTS) is 1. The maximum Gasteiger partial charge on any atom is 0.416 e. The molecule has 1 saturated carbocycles. The lowest BCUT2D eigenvalue weighted by molar-refractivity contribution is -0.141. The van der Waals surface area contributed by atoms with E-state index in [-0.39, 0.29) is 23.2 Å². The molecule has 7 nitrogen and oxygen atoms in total. The van der Waals surface area contributed by atoms with E-state index in [2.05, 4.69) is 20.5 Å². The Morgan fingerprint density at radius 2 is 2.00 bits per heavy atom. The lowest BCUT2D eigenvalue weighted by atomic mass is 10.1. The Hall–Kier alpha value is -2.91. The molecule has 2 atom stereocenters. The van der Waals surface area contributed by atoms with E-state index in [1.165, 1.54) is 0 Å². The van der Waals surface area contributed by atoms with E-state index in [0.717, 1.165) is 12.1 Å². The second kappa shape index (κ2) is 7.01. The van der Waals surface area contributed by atoms with Gasteiger partial charge in [0, 0.05) is 11.6 Å². The minimum atomic E-state index is -4.56. The number of aromatic hydroxyl groups is 1. The molecule has 0 saturated heterocycles. The molecule has 1 heterocycles. The number of aryl methyl sites for hydroxylation is 1. The summed E-state index contributed by atoms with van der Waals surface area (Å²) in [6.07, 6.45) is -2.87. The van der Waals surface area contributed by atoms with Gasteiger partial charge in [-0.2, -0.15) is 13.2 Å². The monoisotopic (exact) mass is 382 g/mol. The normalized spacial score (nSPS) is 19.9. The number of benzene rings is 1. The number of halogens is 3. The molecule has 3 rings (SSSR count). The summed E-state index contributed by atoms with van der Waals surface area (Å²) in [4.78, 5) is 15.2. The number of alkyl halides is 3. The summed E-state index contributed by atoms with van der Waals surface area (Å²) in [7, 11) is 0. The highest BCUT2D eigenvalue weighted by atomic mass is 19.4. The van der Waals surface area contributed by atoms with Gasteiger partial charge < -0.3 is 15.5 Å². The number of nitrogens with one attached hydrogen (secondary N) is 1. The van der Waals surface area contributed by atoms with Crippen LogP contribution in [0.15, 0.2) is 18.2 Å². The van der Waals surface area contributed by atoms with Crippen LogP contribution in [0.3, 0.4) is 0 Å². The van der Waals surface area contributed by atoms with Crippen molar-refractivity contribution in [2.24, 2.45) is 5.92 Å². The molecule has 1 aromatic carbocycles. The second-order valence-electron chi connectivity index (χ2n) is 6.49. The van der Waals surface area contributed by atoms with Gasteiger partial charge in [-0.3, -0.25) is 4.79 Å². The average molecular weight is 382 g/mol. The van der Waals surface area contributed by atoms with Crippen LogP contribution >= 0.6 is 0 Å². The maximum atomic E-state index is 12.7. The number of nitrogens with zero attached hydrogens (tertiary/aromatic N) is 3. The molecule has 1 fully saturated rings. The van der Waals surface area contributed by atoms with Crippen molar-refractivity contribution in [3.8, 4) is 17.0 Å². The van der Waals surface area contributed by atoms with Crippen molar-refractivity contribution in [2.45, 2.75) is 38.4 Å². The molecule has 1 aliphatic rings. The number of carbonyl (C=O) groups is 1. The molecule has 0 radical (unpaired) electrons. The SMILES string of the molecule is Cc1nc(NC2CC[C@@H](C(=O)O)C2)nnc1-c1ccc(C(F)(F)F)cc1O. The first-order valence-electron chi connectivity index (χ1n) is 8.26. The number of aromatic nitrogens is 3. The highest BCUT2D eigenvalue weighted by Gasteiger charge is 2.32. The zero-order chi connectivity index (χ0) is 19.8. The maximum absolute atomic E-state index is 12.7. The molecule has 0 aliphatic heterocycles. The van der Waals surface area contributed by atoms with Gasteiger partial charge in [-0.15, -0.1) is 10.2 Å². The van der Waals surface area contributed by atoms with Crippen molar-refractivity contribution < 1.29 is 28.2 Å². The van der Waals surface area contributed by atoms with E-state index < -0.39 is 29.4 Å². The molecule has 0 bridgehead atoms. The number of anilines is 1. The van der Waals surface area contributed by atoms with Gasteiger partial charge in [0.1, 0.15) is 11.4 Å². The van der Waals surface area contributed by atoms with Crippen LogP contribution in [0.4, 0.5) is 19.1 Å². The highest BCUT2D eigenvalue weighted by molar-refractivity contribution is 5.71. The molecule has 144 valence electrons. The fraction of sp³-hybridized carbons (Fsp3) is 0.412. The van der Waals surface area contributed by atoms with Crippen LogP contribution in [0.1, 0.15) is 30.5 Å². The zero-order valence-electron chi connectivity index (χ0n) is 14.3. The third-order valence-corrected chi connectivity index (χ3v) is 4.56. The standard InChI is InChI=1S/C17H17F3N4O3/c1-8-14(12-5-3-10(7-13(12)25)17(18,19)20)23-24-16(21-8)22-11-4-2-9(6-11)15(26)27/h3,5,7,9,11,25H,2,4,6H2,1H3,(H,26,27)(H,21,22,24)/t9-,11?/m1/s1. The Kier molecular flexibility index (Phi) is 4.90. The summed E-state index contributed by atoms with van der Waals surface area (Å²) in [6.45, 7) is 1.60. The van der Waals surface area contributed by atoms with Gasteiger partial charge in [0.05, 0.1) is 17.2 Å². The predicted octanol–water partition coefficient (Wildman–Crippen LogP) is 3.24. The van der Waals surface area contributed by atoms with Gasteiger partial charge in [-0.05, 0) is 44.4 Å². The molecular formula is C17H17F3N4O3. The minimum absolute atomic E-state index is 0.0855. The van der Waals surface area contributed by atoms with Gasteiger partial charge in [-0.1, -0.05) is 0 Å². The number of carboxylic acids is 1. The summed E-state index contributed by atoms with van der Waals surface area (Å²) in [5.74, 6) is -1.59. The number of phenols is 1. The van der Waals surface area contributed by atoms with Crippen LogP contribution in [0.5, 0.6) is 5.75 Å². The lowest BCUT2D eigenvalue weighted by Gasteiger charge is -2.14. The summed E-state index contributed by atoms with van der Waals surface area (Å²) >= 11 is 0. The first kappa shape index (κ1) is 18.9. The molecule has 1 unspecified atom stereocenters. The van der Waals surface area contributed by atoms with Crippen molar-refractivity contribution in [1.82, 2.24) is 15.2 Å². The molecule has 27 heavy (non-hydrogen) atoms. The molecule has 3 N–H and O–H groups in total. The summed E-state index contributed by atoms with van der Waals surface area (Å²) in [6, 6.07) is 2.52. The van der Waals surface area contributed by atoms with Crippen LogP contribution in [0.25, 0.3) is 11.3 Å². The van der Waals surface area contributed by atoms with Crippen molar-refractivity contribution in [3.63, 3.8) is 0 Å². The van der Waals surface area contributed by atoms with Gasteiger partial charge in [0.15, 0.2) is 0 Å². The van der Waals surface area contributed by atoms with Crippen LogP contribution in [0.2, 0.25) is 0 Å².